The third-order valence-electron chi connectivity index (χ3n) is 18.7. The first kappa shape index (κ1) is 48.6. The fourth-order valence-corrected chi connectivity index (χ4v) is 15.6. The predicted molar refractivity (Wildman–Crippen MR) is 287 cm³/mol. The molecule has 8 aliphatic carbocycles. The van der Waals surface area contributed by atoms with Crippen LogP contribution in [-0.4, -0.2) is 56.6 Å². The second kappa shape index (κ2) is 18.7. The van der Waals surface area contributed by atoms with Crippen molar-refractivity contribution >= 4 is 46.1 Å². The van der Waals surface area contributed by atoms with Gasteiger partial charge in [-0.25, -0.2) is 0 Å². The highest BCUT2D eigenvalue weighted by Crippen LogP contribution is 2.68. The first-order valence-corrected chi connectivity index (χ1v) is 26.7. The van der Waals surface area contributed by atoms with Crippen molar-refractivity contribution in [2.75, 3.05) is 13.6 Å². The molecule has 0 bridgehead atoms. The molecule has 12 rings (SSSR count). The predicted octanol–water partition coefficient (Wildman–Crippen LogP) is 9.38. The summed E-state index contributed by atoms with van der Waals surface area (Å²) in [4.78, 5) is 0. The summed E-state index contributed by atoms with van der Waals surface area (Å²) in [6, 6.07) is 12.7. The van der Waals surface area contributed by atoms with Crippen molar-refractivity contribution in [3.8, 4) is 46.7 Å². The molecule has 4 fully saturated rings. The van der Waals surface area contributed by atoms with Crippen LogP contribution in [0.1, 0.15) is 141 Å². The van der Waals surface area contributed by atoms with Crippen molar-refractivity contribution in [2.45, 2.75) is 141 Å². The van der Waals surface area contributed by atoms with E-state index in [1.54, 1.807) is 11.1 Å². The Labute approximate surface area is 434 Å². The Bertz CT molecular complexity index is 2770. The molecular formula is C58H66N6O6S2. The summed E-state index contributed by atoms with van der Waals surface area (Å²) < 4.78 is 22.7. The van der Waals surface area contributed by atoms with Crippen molar-refractivity contribution in [3.63, 3.8) is 0 Å². The van der Waals surface area contributed by atoms with Crippen LogP contribution in [0.3, 0.4) is 0 Å². The minimum absolute atomic E-state index is 0.187. The van der Waals surface area contributed by atoms with Gasteiger partial charge in [0.05, 0.1) is 11.4 Å². The van der Waals surface area contributed by atoms with Crippen LogP contribution in [0.15, 0.2) is 92.2 Å². The molecule has 14 heteroatoms. The summed E-state index contributed by atoms with van der Waals surface area (Å²) in [7, 11) is 0. The lowest BCUT2D eigenvalue weighted by molar-refractivity contribution is -0.0514. The number of fused-ring (bicyclic) bond motifs is 10. The van der Waals surface area contributed by atoms with E-state index in [1.165, 1.54) is 33.4 Å². The highest BCUT2D eigenvalue weighted by molar-refractivity contribution is 7.80. The molecule has 4 saturated carbocycles. The largest absolute Gasteiger partial charge is 0.454 e. The number of rotatable bonds is 4. The minimum Gasteiger partial charge on any atom is -0.454 e. The quantitative estimate of drug-likeness (QED) is 0.0974. The monoisotopic (exact) mass is 1010 g/mol. The molecule has 2 unspecified atom stereocenters. The van der Waals surface area contributed by atoms with Crippen LogP contribution in [0.4, 0.5) is 0 Å². The van der Waals surface area contributed by atoms with Crippen molar-refractivity contribution in [1.29, 1.82) is 0 Å². The van der Waals surface area contributed by atoms with E-state index in [0.717, 1.165) is 124 Å². The first-order chi connectivity index (χ1) is 34.7. The van der Waals surface area contributed by atoms with Gasteiger partial charge in [-0.15, -0.1) is 11.8 Å². The number of benzene rings is 2. The highest BCUT2D eigenvalue weighted by Gasteiger charge is 2.64. The Balaban J connectivity index is 0.000000156. The molecule has 376 valence electrons. The Hall–Kier alpha value is -5.64. The van der Waals surface area contributed by atoms with Gasteiger partial charge < -0.3 is 40.6 Å². The molecular weight excluding hydrogens is 941 g/mol. The molecule has 0 radical (unpaired) electrons. The van der Waals surface area contributed by atoms with Crippen LogP contribution >= 0.6 is 24.4 Å². The van der Waals surface area contributed by atoms with Crippen LogP contribution in [0.2, 0.25) is 0 Å². The highest BCUT2D eigenvalue weighted by atomic mass is 32.1. The summed E-state index contributed by atoms with van der Waals surface area (Å²) in [6.45, 7) is 8.78. The molecule has 2 heterocycles. The van der Waals surface area contributed by atoms with Gasteiger partial charge in [-0.3, -0.25) is 10.9 Å². The normalized spacial score (nSPS) is 35.2. The molecule has 0 amide bonds. The molecule has 0 aromatic heterocycles. The van der Waals surface area contributed by atoms with Gasteiger partial charge in [-0.1, -0.05) is 49.0 Å². The third kappa shape index (κ3) is 8.12. The lowest BCUT2D eigenvalue weighted by Gasteiger charge is -2.53. The molecule has 2 aromatic rings. The maximum atomic E-state index is 11.8. The van der Waals surface area contributed by atoms with Crippen LogP contribution in [-0.2, 0) is 0 Å². The van der Waals surface area contributed by atoms with E-state index in [-0.39, 0.29) is 46.5 Å². The molecule has 10 atom stereocenters. The maximum Gasteiger partial charge on any atom is 0.231 e. The molecule has 8 N–H and O–H groups in total. The Morgan fingerprint density at radius 1 is 0.611 bits per heavy atom. The van der Waals surface area contributed by atoms with Gasteiger partial charge in [0.15, 0.2) is 33.2 Å². The standard InChI is InChI=1S/2C29H33N3O3S/c2*1-3-11-29(33)12-10-23-21-7-4-17-13-19(31-32-27(30)36)6-8-20(17)26(21)22(15-28(23,29)2)18-5-9-24-25(14-18)35-16-34-24/h2*5,9,13-14,21-23,33H,4,6-8,10,12,15-16H2,1-2H3,(H3,30,32,36)/b31-19+;31-19-/t2*21-,22?,23-,28-,29-/m00/s1. The van der Waals surface area contributed by atoms with Gasteiger partial charge in [-0.2, -0.15) is 10.2 Å². The second-order valence-electron chi connectivity index (χ2n) is 22.0. The third-order valence-corrected chi connectivity index (χ3v) is 18.9. The second-order valence-corrected chi connectivity index (χ2v) is 22.9. The smallest absolute Gasteiger partial charge is 0.231 e. The number of hydrogen-bond donors (Lipinski definition) is 6. The summed E-state index contributed by atoms with van der Waals surface area (Å²) in [5, 5.41) is 32.9. The number of ether oxygens (including phenoxy) is 4. The number of nitrogens with one attached hydrogen (secondary N) is 2. The summed E-state index contributed by atoms with van der Waals surface area (Å²) in [5.41, 5.74) is 27.6. The molecule has 2 aromatic carbocycles. The molecule has 0 spiro atoms. The molecule has 72 heavy (non-hydrogen) atoms. The summed E-state index contributed by atoms with van der Waals surface area (Å²) >= 11 is 9.86. The Morgan fingerprint density at radius 2 is 1.03 bits per heavy atom. The van der Waals surface area contributed by atoms with Gasteiger partial charge >= 0.3 is 0 Å². The van der Waals surface area contributed by atoms with Crippen LogP contribution in [0.25, 0.3) is 0 Å². The van der Waals surface area contributed by atoms with E-state index in [2.05, 4.69) is 95.0 Å². The van der Waals surface area contributed by atoms with Crippen LogP contribution < -0.4 is 41.3 Å². The lowest BCUT2D eigenvalue weighted by atomic mass is 9.51. The van der Waals surface area contributed by atoms with Gasteiger partial charge in [0.25, 0.3) is 0 Å². The molecule has 10 aliphatic rings. The van der Waals surface area contributed by atoms with Gasteiger partial charge in [0.2, 0.25) is 13.6 Å². The minimum atomic E-state index is -0.952. The number of nitrogens with zero attached hydrogens (tertiary/aromatic N) is 2. The zero-order chi connectivity index (χ0) is 50.2. The zero-order valence-electron chi connectivity index (χ0n) is 41.8. The van der Waals surface area contributed by atoms with E-state index < -0.39 is 11.2 Å². The Kier molecular flexibility index (Phi) is 12.6. The number of hydrazone groups is 2. The SMILES string of the molecule is CC#C[C@]1(O)CC[C@H]2[C@@H]3CCC4=C/C(=N/NC(N)=S)CCC4=C3C(c3ccc4c(c3)OCO4)C[C@@]21C.CC#C[C@]1(O)CC[C@H]2[C@@H]3CCC4=C/C(=N\NC(N)=S)CCC4=C3C(c3ccc4c(c3)OCO4)C[C@@]21C. The lowest BCUT2D eigenvalue weighted by Crippen LogP contribution is -2.51. The van der Waals surface area contributed by atoms with Crippen molar-refractivity contribution in [2.24, 2.45) is 56.2 Å². The van der Waals surface area contributed by atoms with Crippen LogP contribution in [0.5, 0.6) is 23.0 Å². The van der Waals surface area contributed by atoms with E-state index >= 15 is 0 Å². The average Bonchev–Trinajstić information content (AvgIpc) is 4.16. The fraction of sp³-hybridized carbons (Fsp3) is 0.517. The zero-order valence-corrected chi connectivity index (χ0v) is 43.4. The number of hydrogen-bond acceptors (Lipinski definition) is 10. The maximum absolute atomic E-state index is 11.8. The van der Waals surface area contributed by atoms with E-state index in [0.29, 0.717) is 23.7 Å². The number of aliphatic hydroxyl groups is 2. The molecule has 2 aliphatic heterocycles. The van der Waals surface area contributed by atoms with Gasteiger partial charge in [0, 0.05) is 22.7 Å². The van der Waals surface area contributed by atoms with Gasteiger partial charge in [0.1, 0.15) is 11.2 Å². The van der Waals surface area contributed by atoms with E-state index in [4.69, 9.17) is 54.9 Å². The van der Waals surface area contributed by atoms with E-state index in [1.807, 2.05) is 26.0 Å². The van der Waals surface area contributed by atoms with Crippen molar-refractivity contribution < 1.29 is 29.2 Å². The topological polar surface area (TPSA) is 178 Å². The van der Waals surface area contributed by atoms with Crippen LogP contribution in [0, 0.1) is 58.2 Å². The number of allylic oxidation sites excluding steroid dienone is 8. The number of thiocarbonyl (C=S) groups is 2. The van der Waals surface area contributed by atoms with Gasteiger partial charge in [-0.05, 0) is 222 Å². The first-order valence-electron chi connectivity index (χ1n) is 25.9. The molecule has 12 nitrogen and oxygen atoms in total. The fourth-order valence-electron chi connectivity index (χ4n) is 15.5. The molecule has 0 saturated heterocycles. The van der Waals surface area contributed by atoms with Crippen molar-refractivity contribution in [3.05, 3.63) is 93.1 Å². The summed E-state index contributed by atoms with van der Waals surface area (Å²) in [5.74, 6) is 17.9. The van der Waals surface area contributed by atoms with Crippen molar-refractivity contribution in [1.82, 2.24) is 10.9 Å². The van der Waals surface area contributed by atoms with E-state index in [9.17, 15) is 10.2 Å². The average molecular weight is 1010 g/mol. The number of nitrogens with two attached hydrogens (primary N) is 2. The summed E-state index contributed by atoms with van der Waals surface area (Å²) in [6.07, 6.45) is 17.5. The Morgan fingerprint density at radius 3 is 1.43 bits per heavy atom.